The highest BCUT2D eigenvalue weighted by molar-refractivity contribution is 7.99. The molecule has 0 radical (unpaired) electrons. The smallest absolute Gasteiger partial charge is 0.122 e. The molecule has 1 heterocycles. The Kier molecular flexibility index (Phi) is 3.77. The molecule has 0 unspecified atom stereocenters. The summed E-state index contributed by atoms with van der Waals surface area (Å²) in [6.07, 6.45) is 0. The summed E-state index contributed by atoms with van der Waals surface area (Å²) < 4.78 is 5.32. The van der Waals surface area contributed by atoms with Crippen molar-refractivity contribution >= 4 is 11.8 Å². The molecule has 0 bridgehead atoms. The van der Waals surface area contributed by atoms with Gasteiger partial charge in [-0.2, -0.15) is 0 Å². The van der Waals surface area contributed by atoms with Gasteiger partial charge in [-0.25, -0.2) is 0 Å². The monoisotopic (exact) mass is 237 g/mol. The Morgan fingerprint density at radius 3 is 2.62 bits per heavy atom. The van der Waals surface area contributed by atoms with Gasteiger partial charge in [-0.3, -0.25) is 0 Å². The van der Waals surface area contributed by atoms with Crippen LogP contribution in [0.1, 0.15) is 11.1 Å². The third-order valence-electron chi connectivity index (χ3n) is 3.03. The van der Waals surface area contributed by atoms with E-state index in [1.807, 2.05) is 11.8 Å². The molecule has 0 aliphatic carbocycles. The normalized spacial score (nSPS) is 15.9. The van der Waals surface area contributed by atoms with Gasteiger partial charge in [-0.15, -0.1) is 11.8 Å². The third kappa shape index (κ3) is 2.53. The Morgan fingerprint density at radius 1 is 1.31 bits per heavy atom. The van der Waals surface area contributed by atoms with Crippen LogP contribution in [0.25, 0.3) is 0 Å². The van der Waals surface area contributed by atoms with Crippen LogP contribution in [0.4, 0.5) is 0 Å². The maximum Gasteiger partial charge on any atom is 0.122 e. The van der Waals surface area contributed by atoms with Gasteiger partial charge in [0, 0.05) is 10.6 Å². The molecule has 88 valence electrons. The second-order valence-corrected chi connectivity index (χ2v) is 5.48. The molecule has 1 saturated heterocycles. The molecule has 1 aromatic carbocycles. The number of ether oxygens (including phenoxy) is 1. The Morgan fingerprint density at radius 2 is 2.06 bits per heavy atom. The first-order chi connectivity index (χ1) is 7.70. The Balaban J connectivity index is 2.04. The van der Waals surface area contributed by atoms with Crippen LogP contribution < -0.4 is 10.1 Å². The topological polar surface area (TPSA) is 21.3 Å². The fourth-order valence-electron chi connectivity index (χ4n) is 1.81. The van der Waals surface area contributed by atoms with Gasteiger partial charge in [-0.05, 0) is 56.1 Å². The highest BCUT2D eigenvalue weighted by atomic mass is 32.2. The van der Waals surface area contributed by atoms with E-state index >= 15 is 0 Å². The van der Waals surface area contributed by atoms with Gasteiger partial charge >= 0.3 is 0 Å². The number of nitrogens with one attached hydrogen (secondary N) is 1. The summed E-state index contributed by atoms with van der Waals surface area (Å²) in [5.41, 5.74) is 2.54. The van der Waals surface area contributed by atoms with E-state index in [1.165, 1.54) is 34.9 Å². The molecule has 1 fully saturated rings. The zero-order valence-corrected chi connectivity index (χ0v) is 11.0. The number of methoxy groups -OCH3 is 1. The molecule has 1 aliphatic heterocycles. The second-order valence-electron chi connectivity index (χ2n) is 4.42. The average molecular weight is 237 g/mol. The van der Waals surface area contributed by atoms with E-state index in [4.69, 9.17) is 4.74 Å². The Labute approximate surface area is 102 Å². The average Bonchev–Trinajstić information content (AvgIpc) is 2.20. The van der Waals surface area contributed by atoms with Gasteiger partial charge < -0.3 is 10.1 Å². The molecular weight excluding hydrogens is 218 g/mol. The van der Waals surface area contributed by atoms with E-state index in [0.717, 1.165) is 11.7 Å². The van der Waals surface area contributed by atoms with Crippen LogP contribution in [-0.4, -0.2) is 26.0 Å². The Hall–Kier alpha value is -0.670. The number of rotatable bonds is 4. The van der Waals surface area contributed by atoms with Gasteiger partial charge in [0.15, 0.2) is 0 Å². The van der Waals surface area contributed by atoms with Crippen LogP contribution in [0.2, 0.25) is 0 Å². The molecule has 0 amide bonds. The SMILES string of the molecule is COc1cc(C)c(SCC2CNC2)cc1C. The molecule has 0 spiro atoms. The summed E-state index contributed by atoms with van der Waals surface area (Å²) >= 11 is 1.97. The molecule has 1 aliphatic rings. The molecule has 16 heavy (non-hydrogen) atoms. The first-order valence-electron chi connectivity index (χ1n) is 5.69. The van der Waals surface area contributed by atoms with E-state index in [0.29, 0.717) is 0 Å². The standard InChI is InChI=1S/C13H19NOS/c1-9-5-13(10(2)4-12(9)15-3)16-8-11-6-14-7-11/h4-5,11,14H,6-8H2,1-3H3. The van der Waals surface area contributed by atoms with Crippen molar-refractivity contribution in [2.24, 2.45) is 5.92 Å². The maximum atomic E-state index is 5.32. The predicted molar refractivity (Wildman–Crippen MR) is 69.6 cm³/mol. The molecule has 1 N–H and O–H groups in total. The first kappa shape index (κ1) is 11.8. The van der Waals surface area contributed by atoms with Crippen molar-refractivity contribution in [2.75, 3.05) is 26.0 Å². The lowest BCUT2D eigenvalue weighted by molar-refractivity contribution is 0.385. The van der Waals surface area contributed by atoms with E-state index in [-0.39, 0.29) is 0 Å². The van der Waals surface area contributed by atoms with Crippen molar-refractivity contribution in [3.63, 3.8) is 0 Å². The quantitative estimate of drug-likeness (QED) is 0.813. The minimum Gasteiger partial charge on any atom is -0.496 e. The van der Waals surface area contributed by atoms with Crippen molar-refractivity contribution < 1.29 is 4.74 Å². The largest absolute Gasteiger partial charge is 0.496 e. The van der Waals surface area contributed by atoms with Gasteiger partial charge in [0.2, 0.25) is 0 Å². The highest BCUT2D eigenvalue weighted by Crippen LogP contribution is 2.30. The van der Waals surface area contributed by atoms with Crippen LogP contribution in [-0.2, 0) is 0 Å². The van der Waals surface area contributed by atoms with Gasteiger partial charge in [0.05, 0.1) is 7.11 Å². The second kappa shape index (κ2) is 5.11. The number of aryl methyl sites for hydroxylation is 2. The maximum absolute atomic E-state index is 5.32. The van der Waals surface area contributed by atoms with Crippen LogP contribution in [0.3, 0.4) is 0 Å². The van der Waals surface area contributed by atoms with Crippen molar-refractivity contribution in [3.8, 4) is 5.75 Å². The van der Waals surface area contributed by atoms with Crippen LogP contribution >= 0.6 is 11.8 Å². The van der Waals surface area contributed by atoms with E-state index in [9.17, 15) is 0 Å². The number of benzene rings is 1. The van der Waals surface area contributed by atoms with Gasteiger partial charge in [0.1, 0.15) is 5.75 Å². The molecule has 0 aromatic heterocycles. The van der Waals surface area contributed by atoms with Gasteiger partial charge in [-0.1, -0.05) is 0 Å². The van der Waals surface area contributed by atoms with Crippen LogP contribution in [0.15, 0.2) is 17.0 Å². The molecule has 2 nitrogen and oxygen atoms in total. The first-order valence-corrected chi connectivity index (χ1v) is 6.68. The van der Waals surface area contributed by atoms with Crippen LogP contribution in [0.5, 0.6) is 5.75 Å². The van der Waals surface area contributed by atoms with Crippen molar-refractivity contribution in [2.45, 2.75) is 18.7 Å². The Bertz CT molecular complexity index is 374. The number of thioether (sulfide) groups is 1. The number of hydrogen-bond donors (Lipinski definition) is 1. The molecular formula is C13H19NOS. The third-order valence-corrected chi connectivity index (χ3v) is 4.42. The fraction of sp³-hybridized carbons (Fsp3) is 0.538. The summed E-state index contributed by atoms with van der Waals surface area (Å²) in [6.45, 7) is 6.62. The zero-order chi connectivity index (χ0) is 11.5. The summed E-state index contributed by atoms with van der Waals surface area (Å²) in [5, 5.41) is 3.31. The van der Waals surface area contributed by atoms with Crippen molar-refractivity contribution in [1.29, 1.82) is 0 Å². The summed E-state index contributed by atoms with van der Waals surface area (Å²) in [6, 6.07) is 4.38. The van der Waals surface area contributed by atoms with Crippen LogP contribution in [0, 0.1) is 19.8 Å². The number of hydrogen-bond acceptors (Lipinski definition) is 3. The minimum absolute atomic E-state index is 0.854. The lowest BCUT2D eigenvalue weighted by Gasteiger charge is -2.26. The van der Waals surface area contributed by atoms with Crippen molar-refractivity contribution in [3.05, 3.63) is 23.3 Å². The van der Waals surface area contributed by atoms with Crippen molar-refractivity contribution in [1.82, 2.24) is 5.32 Å². The molecule has 3 heteroatoms. The predicted octanol–water partition coefficient (Wildman–Crippen LogP) is 2.62. The minimum atomic E-state index is 0.854. The molecule has 1 aromatic rings. The highest BCUT2D eigenvalue weighted by Gasteiger charge is 2.17. The molecule has 2 rings (SSSR count). The van der Waals surface area contributed by atoms with E-state index in [2.05, 4.69) is 31.3 Å². The van der Waals surface area contributed by atoms with E-state index < -0.39 is 0 Å². The summed E-state index contributed by atoms with van der Waals surface area (Å²) in [5.74, 6) is 3.07. The zero-order valence-electron chi connectivity index (χ0n) is 10.2. The molecule has 0 atom stereocenters. The summed E-state index contributed by atoms with van der Waals surface area (Å²) in [7, 11) is 1.73. The lowest BCUT2D eigenvalue weighted by atomic mass is 10.1. The van der Waals surface area contributed by atoms with E-state index in [1.54, 1.807) is 7.11 Å². The molecule has 0 saturated carbocycles. The summed E-state index contributed by atoms with van der Waals surface area (Å²) in [4.78, 5) is 1.39. The fourth-order valence-corrected chi connectivity index (χ4v) is 3.01. The lowest BCUT2D eigenvalue weighted by Crippen LogP contribution is -2.43. The van der Waals surface area contributed by atoms with Gasteiger partial charge in [0.25, 0.3) is 0 Å².